The summed E-state index contributed by atoms with van der Waals surface area (Å²) in [5.74, 6) is 0.0436. The van der Waals surface area contributed by atoms with Gasteiger partial charge in [0.1, 0.15) is 6.04 Å². The summed E-state index contributed by atoms with van der Waals surface area (Å²) in [6, 6.07) is 6.06. The Morgan fingerprint density at radius 3 is 2.53 bits per heavy atom. The van der Waals surface area contributed by atoms with Gasteiger partial charge in [-0.3, -0.25) is 4.79 Å². The number of benzene rings is 1. The van der Waals surface area contributed by atoms with Crippen molar-refractivity contribution >= 4 is 27.5 Å². The number of amides is 1. The number of hydrogen-bond acceptors (Lipinski definition) is 2. The van der Waals surface area contributed by atoms with E-state index in [2.05, 4.69) is 40.4 Å². The highest BCUT2D eigenvalue weighted by molar-refractivity contribution is 9.10. The van der Waals surface area contributed by atoms with Gasteiger partial charge in [-0.15, -0.1) is 0 Å². The summed E-state index contributed by atoms with van der Waals surface area (Å²) >= 11 is 3.49. The summed E-state index contributed by atoms with van der Waals surface area (Å²) in [7, 11) is 0. The van der Waals surface area contributed by atoms with Crippen molar-refractivity contribution in [1.82, 2.24) is 5.32 Å². The van der Waals surface area contributed by atoms with Crippen molar-refractivity contribution in [1.29, 1.82) is 0 Å². The zero-order valence-corrected chi connectivity index (χ0v) is 13.7. The Kier molecular flexibility index (Phi) is 6.35. The van der Waals surface area contributed by atoms with Crippen molar-refractivity contribution < 1.29 is 4.79 Å². The molecule has 3 nitrogen and oxygen atoms in total. The number of rotatable bonds is 6. The lowest BCUT2D eigenvalue weighted by molar-refractivity contribution is -0.122. The fourth-order valence-electron chi connectivity index (χ4n) is 1.87. The van der Waals surface area contributed by atoms with E-state index in [-0.39, 0.29) is 18.0 Å². The molecule has 0 saturated carbocycles. The molecule has 19 heavy (non-hydrogen) atoms. The van der Waals surface area contributed by atoms with Crippen LogP contribution in [0.5, 0.6) is 0 Å². The van der Waals surface area contributed by atoms with E-state index in [0.29, 0.717) is 0 Å². The molecule has 1 unspecified atom stereocenters. The van der Waals surface area contributed by atoms with Crippen molar-refractivity contribution in [2.75, 3.05) is 5.32 Å². The first-order valence-electron chi connectivity index (χ1n) is 6.81. The summed E-state index contributed by atoms with van der Waals surface area (Å²) < 4.78 is 0.972. The van der Waals surface area contributed by atoms with Crippen LogP contribution in [-0.2, 0) is 4.79 Å². The summed E-state index contributed by atoms with van der Waals surface area (Å²) in [5.41, 5.74) is 2.12. The van der Waals surface area contributed by atoms with Gasteiger partial charge in [-0.2, -0.15) is 0 Å². The van der Waals surface area contributed by atoms with E-state index in [0.717, 1.165) is 23.0 Å². The number of nitrogens with one attached hydrogen (secondary N) is 2. The molecule has 0 aliphatic carbocycles. The molecule has 1 atom stereocenters. The van der Waals surface area contributed by atoms with Crippen molar-refractivity contribution in [2.45, 2.75) is 52.6 Å². The lowest BCUT2D eigenvalue weighted by atomic mass is 10.1. The highest BCUT2D eigenvalue weighted by Gasteiger charge is 2.16. The van der Waals surface area contributed by atoms with Crippen LogP contribution in [0.4, 0.5) is 5.69 Å². The molecular formula is C15H23BrN2O. The van der Waals surface area contributed by atoms with E-state index in [9.17, 15) is 4.79 Å². The minimum atomic E-state index is -0.251. The molecule has 4 heteroatoms. The predicted octanol–water partition coefficient (Wildman–Crippen LogP) is 3.86. The molecule has 1 aromatic rings. The second-order valence-electron chi connectivity index (χ2n) is 4.87. The monoisotopic (exact) mass is 326 g/mol. The lowest BCUT2D eigenvalue weighted by Gasteiger charge is -2.20. The Balaban J connectivity index is 2.65. The second-order valence-corrected chi connectivity index (χ2v) is 5.73. The smallest absolute Gasteiger partial charge is 0.242 e. The number of carbonyl (C=O) groups excluding carboxylic acids is 1. The number of anilines is 1. The summed E-state index contributed by atoms with van der Waals surface area (Å²) in [6.07, 6.45) is 1.92. The Labute approximate surface area is 124 Å². The Morgan fingerprint density at radius 1 is 1.32 bits per heavy atom. The topological polar surface area (TPSA) is 41.1 Å². The van der Waals surface area contributed by atoms with E-state index in [1.807, 2.05) is 32.0 Å². The van der Waals surface area contributed by atoms with Crippen LogP contribution in [0.2, 0.25) is 0 Å². The first-order valence-corrected chi connectivity index (χ1v) is 7.60. The number of carbonyl (C=O) groups is 1. The van der Waals surface area contributed by atoms with Crippen molar-refractivity contribution in [2.24, 2.45) is 0 Å². The lowest BCUT2D eigenvalue weighted by Crippen LogP contribution is -2.42. The quantitative estimate of drug-likeness (QED) is 0.833. The molecule has 1 rings (SSSR count). The van der Waals surface area contributed by atoms with Gasteiger partial charge >= 0.3 is 0 Å². The maximum atomic E-state index is 12.1. The van der Waals surface area contributed by atoms with Gasteiger partial charge in [0, 0.05) is 16.2 Å². The average molecular weight is 327 g/mol. The van der Waals surface area contributed by atoms with Gasteiger partial charge in [-0.25, -0.2) is 0 Å². The highest BCUT2D eigenvalue weighted by atomic mass is 79.9. The van der Waals surface area contributed by atoms with Gasteiger partial charge in [0.2, 0.25) is 5.91 Å². The maximum absolute atomic E-state index is 12.1. The maximum Gasteiger partial charge on any atom is 0.242 e. The van der Waals surface area contributed by atoms with E-state index in [4.69, 9.17) is 0 Å². The van der Waals surface area contributed by atoms with Crippen LogP contribution in [0.1, 0.15) is 39.2 Å². The van der Waals surface area contributed by atoms with Crippen molar-refractivity contribution in [3.05, 3.63) is 28.2 Å². The number of aryl methyl sites for hydroxylation is 1. The fourth-order valence-corrected chi connectivity index (χ4v) is 2.23. The predicted molar refractivity (Wildman–Crippen MR) is 84.5 cm³/mol. The zero-order chi connectivity index (χ0) is 14.4. The molecule has 1 amide bonds. The fraction of sp³-hybridized carbons (Fsp3) is 0.533. The van der Waals surface area contributed by atoms with Crippen LogP contribution in [0, 0.1) is 6.92 Å². The minimum Gasteiger partial charge on any atom is -0.373 e. The van der Waals surface area contributed by atoms with Crippen LogP contribution >= 0.6 is 15.9 Å². The van der Waals surface area contributed by atoms with Crippen LogP contribution in [0.25, 0.3) is 0 Å². The van der Waals surface area contributed by atoms with E-state index in [1.54, 1.807) is 0 Å². The van der Waals surface area contributed by atoms with E-state index in [1.165, 1.54) is 5.56 Å². The number of hydrogen-bond donors (Lipinski definition) is 2. The van der Waals surface area contributed by atoms with Gasteiger partial charge in [-0.1, -0.05) is 19.9 Å². The molecule has 0 radical (unpaired) electrons. The normalized spacial score (nSPS) is 12.3. The third-order valence-electron chi connectivity index (χ3n) is 3.22. The van der Waals surface area contributed by atoms with Crippen molar-refractivity contribution in [3.63, 3.8) is 0 Å². The van der Waals surface area contributed by atoms with Crippen molar-refractivity contribution in [3.8, 4) is 0 Å². The van der Waals surface area contributed by atoms with Crippen LogP contribution in [-0.4, -0.2) is 18.0 Å². The summed E-state index contributed by atoms with van der Waals surface area (Å²) in [6.45, 7) is 8.09. The Hall–Kier alpha value is -1.03. The van der Waals surface area contributed by atoms with Gasteiger partial charge < -0.3 is 10.6 Å². The molecule has 0 aliphatic rings. The minimum absolute atomic E-state index is 0.0436. The highest BCUT2D eigenvalue weighted by Crippen LogP contribution is 2.24. The summed E-state index contributed by atoms with van der Waals surface area (Å²) in [5, 5.41) is 6.30. The van der Waals surface area contributed by atoms with Crippen LogP contribution < -0.4 is 10.6 Å². The van der Waals surface area contributed by atoms with Gasteiger partial charge in [0.25, 0.3) is 0 Å². The first-order chi connectivity index (χ1) is 8.97. The third kappa shape index (κ3) is 4.86. The molecule has 0 fully saturated rings. The van der Waals surface area contributed by atoms with Gasteiger partial charge in [0.15, 0.2) is 0 Å². The molecule has 0 bridgehead atoms. The second kappa shape index (κ2) is 7.53. The SMILES string of the molecule is CCC(CC)NC(=O)C(C)Nc1cc(C)ccc1Br. The molecule has 0 spiro atoms. The Bertz CT molecular complexity index is 430. The molecular weight excluding hydrogens is 304 g/mol. The average Bonchev–Trinajstić information content (AvgIpc) is 2.39. The largest absolute Gasteiger partial charge is 0.373 e. The molecule has 106 valence electrons. The Morgan fingerprint density at radius 2 is 1.95 bits per heavy atom. The van der Waals surface area contributed by atoms with E-state index >= 15 is 0 Å². The standard InChI is InChI=1S/C15H23BrN2O/c1-5-12(6-2)18-15(19)11(4)17-14-9-10(3)7-8-13(14)16/h7-9,11-12,17H,5-6H2,1-4H3,(H,18,19). The van der Waals surface area contributed by atoms with Gasteiger partial charge in [-0.05, 0) is 60.3 Å². The molecule has 1 aromatic carbocycles. The first kappa shape index (κ1) is 16.0. The molecule has 0 aromatic heterocycles. The van der Waals surface area contributed by atoms with Crippen LogP contribution in [0.15, 0.2) is 22.7 Å². The van der Waals surface area contributed by atoms with E-state index < -0.39 is 0 Å². The van der Waals surface area contributed by atoms with Gasteiger partial charge in [0.05, 0.1) is 0 Å². The molecule has 2 N–H and O–H groups in total. The molecule has 0 saturated heterocycles. The summed E-state index contributed by atoms with van der Waals surface area (Å²) in [4.78, 5) is 12.1. The molecule has 0 aliphatic heterocycles. The number of halogens is 1. The van der Waals surface area contributed by atoms with Crippen LogP contribution in [0.3, 0.4) is 0 Å². The zero-order valence-electron chi connectivity index (χ0n) is 12.1. The third-order valence-corrected chi connectivity index (χ3v) is 3.91. The molecule has 0 heterocycles.